The van der Waals surface area contributed by atoms with Crippen LogP contribution in [0.5, 0.6) is 5.75 Å². The average Bonchev–Trinajstić information content (AvgIpc) is 2.68. The second kappa shape index (κ2) is 11.1. The summed E-state index contributed by atoms with van der Waals surface area (Å²) >= 11 is 6.03. The molecule has 148 valence electrons. The van der Waals surface area contributed by atoms with Gasteiger partial charge in [0, 0.05) is 29.1 Å². The fourth-order valence-corrected chi connectivity index (χ4v) is 2.46. The number of benzene rings is 2. The highest BCUT2D eigenvalue weighted by atomic mass is 35.5. The van der Waals surface area contributed by atoms with Crippen molar-refractivity contribution in [3.63, 3.8) is 0 Å². The van der Waals surface area contributed by atoms with Gasteiger partial charge in [0.1, 0.15) is 5.75 Å². The van der Waals surface area contributed by atoms with Crippen molar-refractivity contribution >= 4 is 35.3 Å². The Morgan fingerprint density at radius 3 is 2.64 bits per heavy atom. The average molecular weight is 402 g/mol. The summed E-state index contributed by atoms with van der Waals surface area (Å²) in [5.74, 6) is 0.0937. The number of ether oxygens (including phenoxy) is 1. The van der Waals surface area contributed by atoms with E-state index in [9.17, 15) is 9.59 Å². The van der Waals surface area contributed by atoms with Gasteiger partial charge in [-0.2, -0.15) is 5.10 Å². The molecule has 6 nitrogen and oxygen atoms in total. The number of para-hydroxylation sites is 1. The van der Waals surface area contributed by atoms with Gasteiger partial charge in [0.15, 0.2) is 0 Å². The standard InChI is InChI=1S/C21H24ClN3O3/c1-3-12-28-19-7-5-4-6-16(19)14-23-25-21(27)11-10-20(26)24-17-9-8-15(2)18(22)13-17/h4-9,13-14H,3,10-12H2,1-2H3,(H,24,26)(H,25,27). The van der Waals surface area contributed by atoms with E-state index in [2.05, 4.69) is 15.8 Å². The van der Waals surface area contributed by atoms with Crippen LogP contribution < -0.4 is 15.5 Å². The van der Waals surface area contributed by atoms with Crippen molar-refractivity contribution in [1.82, 2.24) is 5.43 Å². The molecule has 0 heterocycles. The summed E-state index contributed by atoms with van der Waals surface area (Å²) in [4.78, 5) is 23.9. The number of hydrogen-bond donors (Lipinski definition) is 2. The molecule has 0 fully saturated rings. The van der Waals surface area contributed by atoms with Gasteiger partial charge < -0.3 is 10.1 Å². The largest absolute Gasteiger partial charge is 0.493 e. The molecule has 2 N–H and O–H groups in total. The Labute approximate surface area is 169 Å². The Bertz CT molecular complexity index is 853. The molecule has 28 heavy (non-hydrogen) atoms. The van der Waals surface area contributed by atoms with E-state index in [0.717, 1.165) is 17.5 Å². The Morgan fingerprint density at radius 2 is 1.89 bits per heavy atom. The molecule has 0 unspecified atom stereocenters. The molecule has 0 aliphatic rings. The molecule has 0 bridgehead atoms. The normalized spacial score (nSPS) is 10.7. The first-order valence-electron chi connectivity index (χ1n) is 9.09. The zero-order chi connectivity index (χ0) is 20.4. The Balaban J connectivity index is 1.78. The second-order valence-electron chi connectivity index (χ2n) is 6.19. The number of carbonyl (C=O) groups excluding carboxylic acids is 2. The molecule has 2 aromatic rings. The van der Waals surface area contributed by atoms with Crippen LogP contribution in [0.4, 0.5) is 5.69 Å². The minimum atomic E-state index is -0.347. The maximum absolute atomic E-state index is 12.0. The van der Waals surface area contributed by atoms with Crippen LogP contribution in [-0.2, 0) is 9.59 Å². The number of carbonyl (C=O) groups is 2. The summed E-state index contributed by atoms with van der Waals surface area (Å²) in [6.45, 7) is 4.52. The highest BCUT2D eigenvalue weighted by Gasteiger charge is 2.08. The third-order valence-corrected chi connectivity index (χ3v) is 4.22. The van der Waals surface area contributed by atoms with Crippen molar-refractivity contribution < 1.29 is 14.3 Å². The molecule has 7 heteroatoms. The third-order valence-electron chi connectivity index (χ3n) is 3.81. The number of nitrogens with zero attached hydrogens (tertiary/aromatic N) is 1. The molecule has 2 rings (SSSR count). The molecule has 0 aromatic heterocycles. The number of halogens is 1. The summed E-state index contributed by atoms with van der Waals surface area (Å²) in [5, 5.41) is 7.23. The summed E-state index contributed by atoms with van der Waals surface area (Å²) in [6.07, 6.45) is 2.50. The van der Waals surface area contributed by atoms with Crippen molar-refractivity contribution in [2.75, 3.05) is 11.9 Å². The van der Waals surface area contributed by atoms with Crippen LogP contribution in [-0.4, -0.2) is 24.6 Å². The van der Waals surface area contributed by atoms with Gasteiger partial charge in [0.25, 0.3) is 0 Å². The number of hydrogen-bond acceptors (Lipinski definition) is 4. The molecular formula is C21H24ClN3O3. The maximum atomic E-state index is 12.0. The van der Waals surface area contributed by atoms with Crippen LogP contribution >= 0.6 is 11.6 Å². The molecule has 0 atom stereocenters. The number of anilines is 1. The van der Waals surface area contributed by atoms with Crippen LogP contribution in [0, 0.1) is 6.92 Å². The van der Waals surface area contributed by atoms with Gasteiger partial charge in [-0.15, -0.1) is 0 Å². The Kier molecular flexibility index (Phi) is 8.49. The predicted octanol–water partition coefficient (Wildman–Crippen LogP) is 4.31. The molecule has 0 spiro atoms. The molecule has 0 aliphatic heterocycles. The topological polar surface area (TPSA) is 79.8 Å². The van der Waals surface area contributed by atoms with Crippen molar-refractivity contribution in [3.05, 3.63) is 58.6 Å². The molecule has 0 saturated heterocycles. The number of rotatable bonds is 9. The van der Waals surface area contributed by atoms with Gasteiger partial charge in [-0.25, -0.2) is 5.43 Å². The van der Waals surface area contributed by atoms with Crippen LogP contribution in [0.1, 0.15) is 37.3 Å². The van der Waals surface area contributed by atoms with Gasteiger partial charge in [0.05, 0.1) is 12.8 Å². The van der Waals surface area contributed by atoms with E-state index in [1.807, 2.05) is 44.2 Å². The summed E-state index contributed by atoms with van der Waals surface area (Å²) in [5.41, 5.74) is 4.72. The Hall–Kier alpha value is -2.86. The molecule has 2 aromatic carbocycles. The van der Waals surface area contributed by atoms with Crippen molar-refractivity contribution in [3.8, 4) is 5.75 Å². The molecule has 0 radical (unpaired) electrons. The van der Waals surface area contributed by atoms with Crippen molar-refractivity contribution in [2.45, 2.75) is 33.1 Å². The zero-order valence-corrected chi connectivity index (χ0v) is 16.8. The Morgan fingerprint density at radius 1 is 1.14 bits per heavy atom. The summed E-state index contributed by atoms with van der Waals surface area (Å²) in [6, 6.07) is 12.7. The third kappa shape index (κ3) is 7.04. The second-order valence-corrected chi connectivity index (χ2v) is 6.60. The first kappa shape index (κ1) is 21.4. The monoisotopic (exact) mass is 401 g/mol. The maximum Gasteiger partial charge on any atom is 0.240 e. The van der Waals surface area contributed by atoms with E-state index in [1.54, 1.807) is 12.1 Å². The van der Waals surface area contributed by atoms with E-state index in [-0.39, 0.29) is 24.7 Å². The van der Waals surface area contributed by atoms with Crippen LogP contribution in [0.2, 0.25) is 5.02 Å². The first-order valence-corrected chi connectivity index (χ1v) is 9.47. The summed E-state index contributed by atoms with van der Waals surface area (Å²) < 4.78 is 5.63. The first-order chi connectivity index (χ1) is 13.5. The highest BCUT2D eigenvalue weighted by molar-refractivity contribution is 6.31. The number of nitrogens with one attached hydrogen (secondary N) is 2. The number of hydrazone groups is 1. The van der Waals surface area contributed by atoms with E-state index >= 15 is 0 Å². The van der Waals surface area contributed by atoms with Gasteiger partial charge in [0.2, 0.25) is 11.8 Å². The summed E-state index contributed by atoms with van der Waals surface area (Å²) in [7, 11) is 0. The lowest BCUT2D eigenvalue weighted by Gasteiger charge is -2.07. The zero-order valence-electron chi connectivity index (χ0n) is 16.0. The van der Waals surface area contributed by atoms with Crippen LogP contribution in [0.15, 0.2) is 47.6 Å². The molecule has 0 saturated carbocycles. The van der Waals surface area contributed by atoms with Crippen molar-refractivity contribution in [2.24, 2.45) is 5.10 Å². The van der Waals surface area contributed by atoms with Crippen LogP contribution in [0.3, 0.4) is 0 Å². The SMILES string of the molecule is CCCOc1ccccc1C=NNC(=O)CCC(=O)Nc1ccc(C)c(Cl)c1. The minimum absolute atomic E-state index is 0.0246. The molecule has 0 aliphatic carbocycles. The number of aryl methyl sites for hydroxylation is 1. The van der Waals surface area contributed by atoms with E-state index in [1.165, 1.54) is 6.21 Å². The quantitative estimate of drug-likeness (QED) is 0.485. The van der Waals surface area contributed by atoms with Gasteiger partial charge in [-0.1, -0.05) is 36.7 Å². The highest BCUT2D eigenvalue weighted by Crippen LogP contribution is 2.20. The van der Waals surface area contributed by atoms with Gasteiger partial charge in [-0.3, -0.25) is 9.59 Å². The van der Waals surface area contributed by atoms with E-state index in [4.69, 9.17) is 16.3 Å². The molecule has 2 amide bonds. The fraction of sp³-hybridized carbons (Fsp3) is 0.286. The van der Waals surface area contributed by atoms with E-state index in [0.29, 0.717) is 23.1 Å². The van der Waals surface area contributed by atoms with E-state index < -0.39 is 0 Å². The van der Waals surface area contributed by atoms with Gasteiger partial charge >= 0.3 is 0 Å². The lowest BCUT2D eigenvalue weighted by molar-refractivity contribution is -0.124. The van der Waals surface area contributed by atoms with Crippen LogP contribution in [0.25, 0.3) is 0 Å². The van der Waals surface area contributed by atoms with Crippen molar-refractivity contribution in [1.29, 1.82) is 0 Å². The lowest BCUT2D eigenvalue weighted by atomic mass is 10.2. The number of amides is 2. The molecular weight excluding hydrogens is 378 g/mol. The minimum Gasteiger partial charge on any atom is -0.493 e. The smallest absolute Gasteiger partial charge is 0.240 e. The predicted molar refractivity (Wildman–Crippen MR) is 112 cm³/mol. The fourth-order valence-electron chi connectivity index (χ4n) is 2.28. The lowest BCUT2D eigenvalue weighted by Crippen LogP contribution is -2.20. The van der Waals surface area contributed by atoms with Gasteiger partial charge in [-0.05, 0) is 43.2 Å².